The second-order valence-corrected chi connectivity index (χ2v) is 8.77. The molecule has 214 valence electrons. The molecule has 0 saturated heterocycles. The number of halogens is 3. The minimum absolute atomic E-state index is 0.247. The molecule has 0 fully saturated rings. The van der Waals surface area contributed by atoms with Crippen LogP contribution in [0.4, 0.5) is 18.9 Å². The zero-order chi connectivity index (χ0) is 29.0. The van der Waals surface area contributed by atoms with Crippen molar-refractivity contribution >= 4 is 17.6 Å². The molecule has 0 aliphatic carbocycles. The summed E-state index contributed by atoms with van der Waals surface area (Å²) in [6.07, 6.45) is -1.88. The van der Waals surface area contributed by atoms with Crippen LogP contribution < -0.4 is 19.1 Å². The number of amides is 1. The molecule has 3 aromatic rings. The summed E-state index contributed by atoms with van der Waals surface area (Å²) in [6.45, 7) is 2.95. The van der Waals surface area contributed by atoms with Gasteiger partial charge in [-0.15, -0.1) is 13.2 Å². The Morgan fingerprint density at radius 2 is 1.48 bits per heavy atom. The first-order valence-electron chi connectivity index (χ1n) is 12.9. The minimum atomic E-state index is -4.80. The van der Waals surface area contributed by atoms with Gasteiger partial charge in [-0.2, -0.15) is 0 Å². The molecule has 0 aliphatic heterocycles. The number of carbonyl (C=O) groups is 2. The van der Waals surface area contributed by atoms with Gasteiger partial charge in [-0.1, -0.05) is 56.2 Å². The Kier molecular flexibility index (Phi) is 11.2. The standard InChI is InChI=1S/C30H32F3NO6/c1-3-4-8-18-34(28(35)29(36)37-2)26-21-23(22-12-15-25(16-13-22)40-30(31,32)33)14-17-27(26)39-20-9-19-38-24-10-6-5-7-11-24/h5-7,10-17,21H,3-4,8-9,18-20H2,1-2H3. The van der Waals surface area contributed by atoms with Crippen LogP contribution in [0, 0.1) is 0 Å². The highest BCUT2D eigenvalue weighted by Gasteiger charge is 2.31. The summed E-state index contributed by atoms with van der Waals surface area (Å²) in [6, 6.07) is 19.8. The lowest BCUT2D eigenvalue weighted by molar-refractivity contribution is -0.274. The third kappa shape index (κ3) is 9.21. The van der Waals surface area contributed by atoms with Gasteiger partial charge < -0.3 is 18.9 Å². The summed E-state index contributed by atoms with van der Waals surface area (Å²) in [5.74, 6) is -1.10. The number of hydrogen-bond donors (Lipinski definition) is 0. The van der Waals surface area contributed by atoms with E-state index in [0.29, 0.717) is 42.0 Å². The van der Waals surface area contributed by atoms with E-state index in [1.165, 1.54) is 29.2 Å². The van der Waals surface area contributed by atoms with Gasteiger partial charge in [0, 0.05) is 13.0 Å². The number of ether oxygens (including phenoxy) is 4. The molecular weight excluding hydrogens is 527 g/mol. The number of rotatable bonds is 13. The third-order valence-corrected chi connectivity index (χ3v) is 5.82. The van der Waals surface area contributed by atoms with E-state index in [9.17, 15) is 22.8 Å². The SMILES string of the molecule is CCCCCN(C(=O)C(=O)OC)c1cc(-c2ccc(OC(F)(F)F)cc2)ccc1OCCCOc1ccccc1. The van der Waals surface area contributed by atoms with Crippen molar-refractivity contribution in [2.75, 3.05) is 31.8 Å². The summed E-state index contributed by atoms with van der Waals surface area (Å²) in [4.78, 5) is 26.6. The lowest BCUT2D eigenvalue weighted by atomic mass is 10.0. The van der Waals surface area contributed by atoms with Gasteiger partial charge in [0.2, 0.25) is 0 Å². The van der Waals surface area contributed by atoms with Crippen LogP contribution in [0.5, 0.6) is 17.2 Å². The largest absolute Gasteiger partial charge is 0.573 e. The van der Waals surface area contributed by atoms with Crippen LogP contribution in [-0.2, 0) is 14.3 Å². The molecule has 0 spiro atoms. The highest BCUT2D eigenvalue weighted by atomic mass is 19.4. The van der Waals surface area contributed by atoms with E-state index in [2.05, 4.69) is 4.74 Å². The Hall–Kier alpha value is -4.21. The van der Waals surface area contributed by atoms with Gasteiger partial charge in [0.25, 0.3) is 0 Å². The van der Waals surface area contributed by atoms with Gasteiger partial charge in [-0.25, -0.2) is 4.79 Å². The van der Waals surface area contributed by atoms with Crippen molar-refractivity contribution in [1.29, 1.82) is 0 Å². The Labute approximate surface area is 231 Å². The van der Waals surface area contributed by atoms with E-state index in [4.69, 9.17) is 14.2 Å². The van der Waals surface area contributed by atoms with Crippen LogP contribution in [0.3, 0.4) is 0 Å². The van der Waals surface area contributed by atoms with Crippen LogP contribution in [0.2, 0.25) is 0 Å². The van der Waals surface area contributed by atoms with Crippen LogP contribution >= 0.6 is 0 Å². The van der Waals surface area contributed by atoms with E-state index in [1.807, 2.05) is 37.3 Å². The minimum Gasteiger partial charge on any atom is -0.493 e. The number of unbranched alkanes of at least 4 members (excludes halogenated alkanes) is 2. The Morgan fingerprint density at radius 1 is 0.800 bits per heavy atom. The average Bonchev–Trinajstić information content (AvgIpc) is 2.95. The van der Waals surface area contributed by atoms with E-state index in [-0.39, 0.29) is 18.9 Å². The van der Waals surface area contributed by atoms with Crippen molar-refractivity contribution in [2.24, 2.45) is 0 Å². The van der Waals surface area contributed by atoms with Crippen LogP contribution in [-0.4, -0.2) is 45.1 Å². The fourth-order valence-electron chi connectivity index (χ4n) is 3.88. The normalized spacial score (nSPS) is 11.0. The van der Waals surface area contributed by atoms with E-state index >= 15 is 0 Å². The predicted octanol–water partition coefficient (Wildman–Crippen LogP) is 6.80. The van der Waals surface area contributed by atoms with Crippen molar-refractivity contribution in [1.82, 2.24) is 0 Å². The summed E-state index contributed by atoms with van der Waals surface area (Å²) in [5, 5.41) is 0. The first kappa shape index (κ1) is 30.3. The number of anilines is 1. The third-order valence-electron chi connectivity index (χ3n) is 5.82. The maximum Gasteiger partial charge on any atom is 0.573 e. The van der Waals surface area contributed by atoms with Crippen molar-refractivity contribution < 1.29 is 41.7 Å². The molecule has 3 rings (SSSR count). The number of methoxy groups -OCH3 is 1. The molecule has 0 N–H and O–H groups in total. The van der Waals surface area contributed by atoms with Gasteiger partial charge in [0.15, 0.2) is 0 Å². The van der Waals surface area contributed by atoms with Crippen molar-refractivity contribution in [3.8, 4) is 28.4 Å². The molecule has 0 aromatic heterocycles. The summed E-state index contributed by atoms with van der Waals surface area (Å²) < 4.78 is 58.1. The molecule has 0 unspecified atom stereocenters. The molecule has 7 nitrogen and oxygen atoms in total. The number of nitrogens with zero attached hydrogens (tertiary/aromatic N) is 1. The highest BCUT2D eigenvalue weighted by Crippen LogP contribution is 2.35. The number of benzene rings is 3. The molecule has 0 heterocycles. The molecule has 10 heteroatoms. The van der Waals surface area contributed by atoms with Gasteiger partial charge in [-0.3, -0.25) is 9.69 Å². The second kappa shape index (κ2) is 14.8. The molecule has 1 amide bonds. The zero-order valence-electron chi connectivity index (χ0n) is 22.4. The van der Waals surface area contributed by atoms with E-state index in [1.54, 1.807) is 18.2 Å². The Balaban J connectivity index is 1.86. The molecule has 0 radical (unpaired) electrons. The molecule has 0 bridgehead atoms. The lowest BCUT2D eigenvalue weighted by Crippen LogP contribution is -2.38. The Bertz CT molecular complexity index is 1230. The number of hydrogen-bond acceptors (Lipinski definition) is 6. The lowest BCUT2D eigenvalue weighted by Gasteiger charge is -2.25. The van der Waals surface area contributed by atoms with Crippen molar-refractivity contribution in [3.05, 3.63) is 72.8 Å². The molecule has 0 saturated carbocycles. The Morgan fingerprint density at radius 3 is 2.12 bits per heavy atom. The van der Waals surface area contributed by atoms with Crippen LogP contribution in [0.15, 0.2) is 72.8 Å². The first-order valence-corrected chi connectivity index (χ1v) is 12.9. The predicted molar refractivity (Wildman–Crippen MR) is 145 cm³/mol. The molecule has 3 aromatic carbocycles. The van der Waals surface area contributed by atoms with Gasteiger partial charge >= 0.3 is 18.2 Å². The quantitative estimate of drug-likeness (QED) is 0.130. The zero-order valence-corrected chi connectivity index (χ0v) is 22.4. The fourth-order valence-corrected chi connectivity index (χ4v) is 3.88. The summed E-state index contributed by atoms with van der Waals surface area (Å²) in [5.41, 5.74) is 1.53. The van der Waals surface area contributed by atoms with Crippen molar-refractivity contribution in [3.63, 3.8) is 0 Å². The van der Waals surface area contributed by atoms with E-state index < -0.39 is 18.2 Å². The van der Waals surface area contributed by atoms with Gasteiger partial charge in [0.1, 0.15) is 17.2 Å². The maximum atomic E-state index is 13.0. The second-order valence-electron chi connectivity index (χ2n) is 8.77. The number of para-hydroxylation sites is 1. The molecule has 0 aliphatic rings. The molecule has 40 heavy (non-hydrogen) atoms. The average molecular weight is 560 g/mol. The summed E-state index contributed by atoms with van der Waals surface area (Å²) in [7, 11) is 1.13. The van der Waals surface area contributed by atoms with Crippen LogP contribution in [0.1, 0.15) is 32.6 Å². The maximum absolute atomic E-state index is 13.0. The van der Waals surface area contributed by atoms with Gasteiger partial charge in [0.05, 0.1) is 26.0 Å². The van der Waals surface area contributed by atoms with Crippen molar-refractivity contribution in [2.45, 2.75) is 39.0 Å². The monoisotopic (exact) mass is 559 g/mol. The number of carbonyl (C=O) groups excluding carboxylic acids is 2. The van der Waals surface area contributed by atoms with Gasteiger partial charge in [-0.05, 0) is 53.9 Å². The summed E-state index contributed by atoms with van der Waals surface area (Å²) >= 11 is 0. The topological polar surface area (TPSA) is 74.3 Å². The molecule has 0 atom stereocenters. The van der Waals surface area contributed by atoms with E-state index in [0.717, 1.165) is 25.7 Å². The number of alkyl halides is 3. The highest BCUT2D eigenvalue weighted by molar-refractivity contribution is 6.38. The molecular formula is C30H32F3NO6. The first-order chi connectivity index (χ1) is 19.2. The number of esters is 1. The van der Waals surface area contributed by atoms with Crippen LogP contribution in [0.25, 0.3) is 11.1 Å². The fraction of sp³-hybridized carbons (Fsp3) is 0.333. The smallest absolute Gasteiger partial charge is 0.493 e.